The summed E-state index contributed by atoms with van der Waals surface area (Å²) in [7, 11) is 0. The number of likely N-dealkylation sites (tertiary alicyclic amines) is 1. The van der Waals surface area contributed by atoms with Gasteiger partial charge in [-0.15, -0.1) is 0 Å². The second-order valence-electron chi connectivity index (χ2n) is 4.59. The third kappa shape index (κ3) is 2.31. The number of H-pyrrole nitrogens is 1. The van der Waals surface area contributed by atoms with Crippen molar-refractivity contribution in [2.45, 2.75) is 12.8 Å². The highest BCUT2D eigenvalue weighted by Gasteiger charge is 2.26. The Kier molecular flexibility index (Phi) is 3.18. The number of nitrogens with zero attached hydrogens (tertiary/aromatic N) is 3. The van der Waals surface area contributed by atoms with E-state index in [9.17, 15) is 4.79 Å². The number of carbonyl (C=O) groups excluding carboxylic acids is 1. The van der Waals surface area contributed by atoms with Gasteiger partial charge in [-0.1, -0.05) is 18.2 Å². The van der Waals surface area contributed by atoms with Crippen LogP contribution in [0.2, 0.25) is 0 Å². The third-order valence-corrected chi connectivity index (χ3v) is 3.31. The highest BCUT2D eigenvalue weighted by atomic mass is 16.2. The fraction of sp³-hybridized carbons (Fsp3) is 0.286. The van der Waals surface area contributed by atoms with Gasteiger partial charge in [0.15, 0.2) is 0 Å². The number of aromatic nitrogens is 2. The van der Waals surface area contributed by atoms with E-state index in [-0.39, 0.29) is 6.03 Å². The SMILES string of the molecule is O=C(N1CCCC1)N(c1ccccc1)c1ccn[nH]1. The maximum absolute atomic E-state index is 12.6. The first kappa shape index (κ1) is 11.8. The number of hydrogen-bond donors (Lipinski definition) is 1. The first-order chi connectivity index (χ1) is 9.36. The number of urea groups is 1. The van der Waals surface area contributed by atoms with Crippen molar-refractivity contribution in [1.82, 2.24) is 15.1 Å². The molecule has 1 aromatic heterocycles. The molecule has 5 heteroatoms. The summed E-state index contributed by atoms with van der Waals surface area (Å²) in [5.74, 6) is 0.697. The fourth-order valence-electron chi connectivity index (χ4n) is 2.35. The second kappa shape index (κ2) is 5.14. The number of amides is 2. The van der Waals surface area contributed by atoms with E-state index in [4.69, 9.17) is 0 Å². The van der Waals surface area contributed by atoms with Crippen LogP contribution in [-0.4, -0.2) is 34.2 Å². The van der Waals surface area contributed by atoms with Crippen molar-refractivity contribution in [3.05, 3.63) is 42.6 Å². The van der Waals surface area contributed by atoms with Crippen molar-refractivity contribution < 1.29 is 4.79 Å². The van der Waals surface area contributed by atoms with Crippen LogP contribution in [0, 0.1) is 0 Å². The van der Waals surface area contributed by atoms with Crippen LogP contribution in [0.25, 0.3) is 0 Å². The molecule has 0 unspecified atom stereocenters. The van der Waals surface area contributed by atoms with E-state index in [1.54, 1.807) is 17.2 Å². The van der Waals surface area contributed by atoms with Gasteiger partial charge in [-0.05, 0) is 25.0 Å². The van der Waals surface area contributed by atoms with Crippen LogP contribution in [0.1, 0.15) is 12.8 Å². The van der Waals surface area contributed by atoms with Crippen LogP contribution in [0.15, 0.2) is 42.6 Å². The Bertz CT molecular complexity index is 532. The summed E-state index contributed by atoms with van der Waals surface area (Å²) >= 11 is 0. The Morgan fingerprint density at radius 2 is 1.89 bits per heavy atom. The van der Waals surface area contributed by atoms with E-state index >= 15 is 0 Å². The largest absolute Gasteiger partial charge is 0.330 e. The molecule has 0 spiro atoms. The van der Waals surface area contributed by atoms with Crippen molar-refractivity contribution in [2.24, 2.45) is 0 Å². The highest BCUT2D eigenvalue weighted by Crippen LogP contribution is 2.25. The lowest BCUT2D eigenvalue weighted by Gasteiger charge is -2.26. The van der Waals surface area contributed by atoms with Gasteiger partial charge in [0.25, 0.3) is 0 Å². The number of anilines is 2. The molecule has 1 aliphatic heterocycles. The molecule has 0 aliphatic carbocycles. The molecule has 2 aromatic rings. The van der Waals surface area contributed by atoms with Gasteiger partial charge < -0.3 is 4.90 Å². The summed E-state index contributed by atoms with van der Waals surface area (Å²) in [6, 6.07) is 11.5. The summed E-state index contributed by atoms with van der Waals surface area (Å²) < 4.78 is 0. The zero-order valence-corrected chi connectivity index (χ0v) is 10.6. The quantitative estimate of drug-likeness (QED) is 0.898. The molecule has 0 saturated carbocycles. The van der Waals surface area contributed by atoms with Crippen LogP contribution in [0.4, 0.5) is 16.3 Å². The summed E-state index contributed by atoms with van der Waals surface area (Å²) in [6.45, 7) is 1.66. The zero-order valence-electron chi connectivity index (χ0n) is 10.6. The van der Waals surface area contributed by atoms with Crippen molar-refractivity contribution in [3.8, 4) is 0 Å². The molecule has 1 aliphatic rings. The van der Waals surface area contributed by atoms with Gasteiger partial charge in [-0.3, -0.25) is 5.10 Å². The lowest BCUT2D eigenvalue weighted by atomic mass is 10.3. The van der Waals surface area contributed by atoms with Gasteiger partial charge in [0, 0.05) is 19.2 Å². The van der Waals surface area contributed by atoms with E-state index in [2.05, 4.69) is 10.2 Å². The predicted octanol–water partition coefficient (Wildman–Crippen LogP) is 2.76. The molecule has 19 heavy (non-hydrogen) atoms. The zero-order chi connectivity index (χ0) is 13.1. The molecule has 2 heterocycles. The summed E-state index contributed by atoms with van der Waals surface area (Å²) in [5.41, 5.74) is 0.851. The monoisotopic (exact) mass is 256 g/mol. The van der Waals surface area contributed by atoms with Gasteiger partial charge in [-0.25, -0.2) is 9.69 Å². The molecule has 1 fully saturated rings. The fourth-order valence-corrected chi connectivity index (χ4v) is 2.35. The molecule has 1 N–H and O–H groups in total. The minimum atomic E-state index is 0.00736. The molecule has 3 rings (SSSR count). The van der Waals surface area contributed by atoms with Crippen molar-refractivity contribution in [1.29, 1.82) is 0 Å². The number of benzene rings is 1. The summed E-state index contributed by atoms with van der Waals surface area (Å²) in [5, 5.41) is 6.81. The first-order valence-corrected chi connectivity index (χ1v) is 6.50. The average Bonchev–Trinajstić information content (AvgIpc) is 3.13. The topological polar surface area (TPSA) is 52.2 Å². The lowest BCUT2D eigenvalue weighted by Crippen LogP contribution is -2.39. The normalized spacial score (nSPS) is 14.6. The molecule has 0 bridgehead atoms. The van der Waals surface area contributed by atoms with E-state index in [0.717, 1.165) is 31.6 Å². The van der Waals surface area contributed by atoms with Crippen LogP contribution in [-0.2, 0) is 0 Å². The van der Waals surface area contributed by atoms with Crippen molar-refractivity contribution in [2.75, 3.05) is 18.0 Å². The molecule has 5 nitrogen and oxygen atoms in total. The van der Waals surface area contributed by atoms with E-state index < -0.39 is 0 Å². The summed E-state index contributed by atoms with van der Waals surface area (Å²) in [6.07, 6.45) is 3.82. The van der Waals surface area contributed by atoms with Crippen molar-refractivity contribution >= 4 is 17.5 Å². The number of rotatable bonds is 2. The lowest BCUT2D eigenvalue weighted by molar-refractivity contribution is 0.218. The Labute approximate surface area is 111 Å². The Morgan fingerprint density at radius 3 is 2.53 bits per heavy atom. The number of para-hydroxylation sites is 1. The van der Waals surface area contributed by atoms with Gasteiger partial charge in [0.1, 0.15) is 5.82 Å². The molecular formula is C14H16N4O. The number of aromatic amines is 1. The van der Waals surface area contributed by atoms with Gasteiger partial charge in [0.2, 0.25) is 0 Å². The van der Waals surface area contributed by atoms with Crippen LogP contribution in [0.3, 0.4) is 0 Å². The second-order valence-corrected chi connectivity index (χ2v) is 4.59. The molecular weight excluding hydrogens is 240 g/mol. The first-order valence-electron chi connectivity index (χ1n) is 6.50. The molecule has 0 atom stereocenters. The molecule has 0 radical (unpaired) electrons. The minimum Gasteiger partial charge on any atom is -0.324 e. The standard InChI is InChI=1S/C14H16N4O/c19-14(17-10-4-5-11-17)18(13-8-9-15-16-13)12-6-2-1-3-7-12/h1-3,6-9H,4-5,10-11H2,(H,15,16). The Hall–Kier alpha value is -2.30. The Morgan fingerprint density at radius 1 is 1.16 bits per heavy atom. The van der Waals surface area contributed by atoms with Crippen molar-refractivity contribution in [3.63, 3.8) is 0 Å². The number of nitrogens with one attached hydrogen (secondary N) is 1. The summed E-state index contributed by atoms with van der Waals surface area (Å²) in [4.78, 5) is 16.2. The smallest absolute Gasteiger partial charge is 0.324 e. The van der Waals surface area contributed by atoms with Gasteiger partial charge in [0.05, 0.1) is 11.9 Å². The average molecular weight is 256 g/mol. The van der Waals surface area contributed by atoms with Crippen LogP contribution >= 0.6 is 0 Å². The maximum Gasteiger partial charge on any atom is 0.330 e. The maximum atomic E-state index is 12.6. The highest BCUT2D eigenvalue weighted by molar-refractivity contribution is 5.98. The third-order valence-electron chi connectivity index (χ3n) is 3.31. The van der Waals surface area contributed by atoms with Crippen LogP contribution < -0.4 is 4.90 Å². The molecule has 1 aromatic carbocycles. The van der Waals surface area contributed by atoms with Gasteiger partial charge >= 0.3 is 6.03 Å². The number of carbonyl (C=O) groups is 1. The molecule has 1 saturated heterocycles. The predicted molar refractivity (Wildman–Crippen MR) is 73.4 cm³/mol. The molecule has 98 valence electrons. The van der Waals surface area contributed by atoms with E-state index in [1.165, 1.54) is 0 Å². The van der Waals surface area contributed by atoms with Crippen LogP contribution in [0.5, 0.6) is 0 Å². The molecule has 2 amide bonds. The number of hydrogen-bond acceptors (Lipinski definition) is 2. The van der Waals surface area contributed by atoms with Gasteiger partial charge in [-0.2, -0.15) is 5.10 Å². The van der Waals surface area contributed by atoms with E-state index in [0.29, 0.717) is 5.82 Å². The minimum absolute atomic E-state index is 0.00736. The van der Waals surface area contributed by atoms with E-state index in [1.807, 2.05) is 35.2 Å². The Balaban J connectivity index is 1.95.